The van der Waals surface area contributed by atoms with E-state index in [1.807, 2.05) is 0 Å². The second kappa shape index (κ2) is 4.09. The van der Waals surface area contributed by atoms with E-state index >= 15 is 0 Å². The maximum atomic E-state index is 11.4. The average molecular weight is 185 g/mol. The minimum absolute atomic E-state index is 0.0868. The molecule has 0 aliphatic heterocycles. The average Bonchev–Trinajstić information content (AvgIpc) is 2.10. The third-order valence-electron chi connectivity index (χ3n) is 3.51. The van der Waals surface area contributed by atoms with Gasteiger partial charge in [0.15, 0.2) is 0 Å². The van der Waals surface area contributed by atoms with Crippen molar-refractivity contribution in [2.45, 2.75) is 32.6 Å². The Hall–Kier alpha value is -0.570. The largest absolute Gasteiger partial charge is 0.469 e. The smallest absolute Gasteiger partial charge is 0.310 e. The number of carbonyl (C=O) groups is 1. The van der Waals surface area contributed by atoms with Crippen LogP contribution in [-0.4, -0.2) is 19.6 Å². The molecule has 2 N–H and O–H groups in total. The van der Waals surface area contributed by atoms with Crippen molar-refractivity contribution in [1.82, 2.24) is 0 Å². The predicted octanol–water partition coefficient (Wildman–Crippen LogP) is 1.31. The summed E-state index contributed by atoms with van der Waals surface area (Å²) in [5.74, 6) is -0.222. The van der Waals surface area contributed by atoms with Gasteiger partial charge in [-0.2, -0.15) is 0 Å². The second-order valence-corrected chi connectivity index (χ2v) is 3.88. The molecule has 0 amide bonds. The Bertz CT molecular complexity index is 182. The van der Waals surface area contributed by atoms with Crippen LogP contribution < -0.4 is 5.73 Å². The van der Waals surface area contributed by atoms with Crippen molar-refractivity contribution in [3.63, 3.8) is 0 Å². The first kappa shape index (κ1) is 10.5. The van der Waals surface area contributed by atoms with E-state index in [0.717, 1.165) is 19.3 Å². The van der Waals surface area contributed by atoms with Crippen molar-refractivity contribution in [3.8, 4) is 0 Å². The van der Waals surface area contributed by atoms with Gasteiger partial charge in [0, 0.05) is 6.54 Å². The molecule has 0 spiro atoms. The number of esters is 1. The lowest BCUT2D eigenvalue weighted by Gasteiger charge is -2.45. The highest BCUT2D eigenvalue weighted by Crippen LogP contribution is 2.49. The van der Waals surface area contributed by atoms with Crippen molar-refractivity contribution in [3.05, 3.63) is 0 Å². The summed E-state index contributed by atoms with van der Waals surface area (Å²) in [6.45, 7) is 2.55. The zero-order valence-electron chi connectivity index (χ0n) is 8.51. The molecule has 0 bridgehead atoms. The molecular formula is C10H19NO2. The molecule has 76 valence electrons. The van der Waals surface area contributed by atoms with Crippen LogP contribution in [0.25, 0.3) is 0 Å². The van der Waals surface area contributed by atoms with Crippen LogP contribution in [0.1, 0.15) is 32.6 Å². The minimum atomic E-state index is -0.135. The first-order valence-corrected chi connectivity index (χ1v) is 4.98. The van der Waals surface area contributed by atoms with E-state index in [-0.39, 0.29) is 17.3 Å². The second-order valence-electron chi connectivity index (χ2n) is 3.88. The fourth-order valence-electron chi connectivity index (χ4n) is 2.32. The van der Waals surface area contributed by atoms with Gasteiger partial charge in [-0.3, -0.25) is 4.79 Å². The molecule has 0 aromatic rings. The number of carbonyl (C=O) groups excluding carboxylic acids is 1. The Labute approximate surface area is 79.6 Å². The van der Waals surface area contributed by atoms with Gasteiger partial charge in [0.25, 0.3) is 0 Å². The highest BCUT2D eigenvalue weighted by Gasteiger charge is 2.45. The van der Waals surface area contributed by atoms with Crippen molar-refractivity contribution in [1.29, 1.82) is 0 Å². The predicted molar refractivity (Wildman–Crippen MR) is 51.1 cm³/mol. The van der Waals surface area contributed by atoms with Gasteiger partial charge in [-0.05, 0) is 24.7 Å². The van der Waals surface area contributed by atoms with Gasteiger partial charge < -0.3 is 10.5 Å². The summed E-state index contributed by atoms with van der Waals surface area (Å²) in [5, 5.41) is 0. The summed E-state index contributed by atoms with van der Waals surface area (Å²) in [6.07, 6.45) is 4.51. The summed E-state index contributed by atoms with van der Waals surface area (Å²) in [4.78, 5) is 11.4. The number of nitrogens with two attached hydrogens (primary N) is 1. The molecule has 1 aliphatic carbocycles. The van der Waals surface area contributed by atoms with E-state index in [1.54, 1.807) is 0 Å². The zero-order chi connectivity index (χ0) is 9.90. The molecule has 1 fully saturated rings. The summed E-state index contributed by atoms with van der Waals surface area (Å²) in [5.41, 5.74) is 5.77. The molecule has 1 atom stereocenters. The molecule has 0 aromatic heterocycles. The molecule has 0 heterocycles. The lowest BCUT2D eigenvalue weighted by molar-refractivity contribution is -0.153. The van der Waals surface area contributed by atoms with Gasteiger partial charge in [0.1, 0.15) is 0 Å². The fraction of sp³-hybridized carbons (Fsp3) is 0.900. The molecule has 3 heteroatoms. The molecule has 1 aliphatic rings. The van der Waals surface area contributed by atoms with Crippen LogP contribution in [-0.2, 0) is 9.53 Å². The van der Waals surface area contributed by atoms with Gasteiger partial charge >= 0.3 is 5.97 Å². The first-order valence-electron chi connectivity index (χ1n) is 4.98. The Morgan fingerprint density at radius 1 is 1.62 bits per heavy atom. The van der Waals surface area contributed by atoms with Crippen molar-refractivity contribution in [2.75, 3.05) is 13.7 Å². The Morgan fingerprint density at radius 2 is 2.23 bits per heavy atom. The summed E-state index contributed by atoms with van der Waals surface area (Å²) < 4.78 is 4.77. The van der Waals surface area contributed by atoms with Crippen LogP contribution in [0.15, 0.2) is 0 Å². The van der Waals surface area contributed by atoms with Crippen LogP contribution in [0.4, 0.5) is 0 Å². The van der Waals surface area contributed by atoms with Crippen LogP contribution >= 0.6 is 0 Å². The van der Waals surface area contributed by atoms with Gasteiger partial charge in [-0.1, -0.05) is 13.3 Å². The number of hydrogen-bond acceptors (Lipinski definition) is 3. The number of methoxy groups -OCH3 is 1. The Morgan fingerprint density at radius 3 is 2.46 bits per heavy atom. The van der Waals surface area contributed by atoms with Crippen LogP contribution in [0.2, 0.25) is 0 Å². The fourth-order valence-corrected chi connectivity index (χ4v) is 2.32. The minimum Gasteiger partial charge on any atom is -0.469 e. The first-order chi connectivity index (χ1) is 6.20. The molecular weight excluding hydrogens is 166 g/mol. The highest BCUT2D eigenvalue weighted by atomic mass is 16.5. The standard InChI is InChI=1S/C10H19NO2/c1-3-10(5-4-6-10)8(7-11)9(12)13-2/h8H,3-7,11H2,1-2H3. The van der Waals surface area contributed by atoms with Gasteiger partial charge in [0.2, 0.25) is 0 Å². The maximum Gasteiger partial charge on any atom is 0.310 e. The molecule has 0 radical (unpaired) electrons. The molecule has 1 unspecified atom stereocenters. The van der Waals surface area contributed by atoms with E-state index in [0.29, 0.717) is 6.54 Å². The zero-order valence-corrected chi connectivity index (χ0v) is 8.51. The summed E-state index contributed by atoms with van der Waals surface area (Å²) >= 11 is 0. The lowest BCUT2D eigenvalue weighted by Crippen LogP contribution is -2.45. The van der Waals surface area contributed by atoms with Crippen LogP contribution in [0, 0.1) is 11.3 Å². The third-order valence-corrected chi connectivity index (χ3v) is 3.51. The van der Waals surface area contributed by atoms with E-state index in [9.17, 15) is 4.79 Å². The molecule has 1 saturated carbocycles. The van der Waals surface area contributed by atoms with Crippen LogP contribution in [0.3, 0.4) is 0 Å². The SMILES string of the molecule is CCC1(C(CN)C(=O)OC)CCC1. The van der Waals surface area contributed by atoms with Crippen molar-refractivity contribution < 1.29 is 9.53 Å². The highest BCUT2D eigenvalue weighted by molar-refractivity contribution is 5.73. The molecule has 3 nitrogen and oxygen atoms in total. The molecule has 13 heavy (non-hydrogen) atoms. The van der Waals surface area contributed by atoms with Crippen molar-refractivity contribution in [2.24, 2.45) is 17.1 Å². The topological polar surface area (TPSA) is 52.3 Å². The van der Waals surface area contributed by atoms with E-state index in [4.69, 9.17) is 10.5 Å². The molecule has 0 saturated heterocycles. The Balaban J connectivity index is 2.68. The van der Waals surface area contributed by atoms with E-state index in [1.165, 1.54) is 13.5 Å². The monoisotopic (exact) mass is 185 g/mol. The van der Waals surface area contributed by atoms with E-state index in [2.05, 4.69) is 6.92 Å². The number of hydrogen-bond donors (Lipinski definition) is 1. The van der Waals surface area contributed by atoms with Gasteiger partial charge in [0.05, 0.1) is 13.0 Å². The normalized spacial score (nSPS) is 21.8. The number of ether oxygens (including phenoxy) is 1. The van der Waals surface area contributed by atoms with Crippen molar-refractivity contribution >= 4 is 5.97 Å². The molecule has 1 rings (SSSR count). The third kappa shape index (κ3) is 1.70. The Kier molecular flexibility index (Phi) is 3.31. The van der Waals surface area contributed by atoms with Gasteiger partial charge in [-0.15, -0.1) is 0 Å². The van der Waals surface area contributed by atoms with Crippen LogP contribution in [0.5, 0.6) is 0 Å². The quantitative estimate of drug-likeness (QED) is 0.672. The number of rotatable bonds is 4. The lowest BCUT2D eigenvalue weighted by atomic mass is 9.59. The molecule has 0 aromatic carbocycles. The van der Waals surface area contributed by atoms with Gasteiger partial charge in [-0.25, -0.2) is 0 Å². The van der Waals surface area contributed by atoms with E-state index < -0.39 is 0 Å². The summed E-state index contributed by atoms with van der Waals surface area (Å²) in [6, 6.07) is 0. The summed E-state index contributed by atoms with van der Waals surface area (Å²) in [7, 11) is 1.44. The maximum absolute atomic E-state index is 11.4.